The normalized spacial score (nSPS) is 8.80. The third-order valence-electron chi connectivity index (χ3n) is 0.866. The molecule has 6 heteroatoms. The Balaban J connectivity index is 0. The van der Waals surface area contributed by atoms with E-state index < -0.39 is 19.5 Å². The average Bonchev–Trinajstić information content (AvgIpc) is 1.95. The molecule has 0 atom stereocenters. The summed E-state index contributed by atoms with van der Waals surface area (Å²) >= 11 is -4.86. The van der Waals surface area contributed by atoms with E-state index in [9.17, 15) is 19.2 Å². The van der Waals surface area contributed by atoms with E-state index in [-0.39, 0.29) is 16.8 Å². The van der Waals surface area contributed by atoms with Gasteiger partial charge in [0.15, 0.2) is 0 Å². The molecule has 0 aliphatic carbocycles. The molecule has 0 aromatic heterocycles. The van der Waals surface area contributed by atoms with Crippen LogP contribution in [0.1, 0.15) is 0 Å². The van der Waals surface area contributed by atoms with E-state index in [1.807, 2.05) is 0 Å². The maximum atomic E-state index is 9.71. The van der Waals surface area contributed by atoms with Crippen LogP contribution in [0.25, 0.3) is 0 Å². The molecule has 0 saturated heterocycles. The van der Waals surface area contributed by atoms with Gasteiger partial charge in [-0.15, -0.1) is 0 Å². The van der Waals surface area contributed by atoms with Crippen LogP contribution in [0.5, 0.6) is 0 Å². The zero-order valence-electron chi connectivity index (χ0n) is 4.67. The summed E-state index contributed by atoms with van der Waals surface area (Å²) in [6.45, 7) is 0. The Morgan fingerprint density at radius 2 is 0.900 bits per heavy atom. The maximum absolute atomic E-state index is 9.71. The van der Waals surface area contributed by atoms with Crippen LogP contribution < -0.4 is 0 Å². The molecule has 0 N–H and O–H groups in total. The molecule has 0 saturated carbocycles. The minimum absolute atomic E-state index is 0. The fraction of sp³-hybridized carbons (Fsp3) is 0. The maximum Gasteiger partial charge on any atom is 0 e. The number of carbonyl (C=O) groups excluding carboxylic acids is 4. The predicted molar refractivity (Wildman–Crippen MR) is 22.8 cm³/mol. The molecule has 0 spiro atoms. The van der Waals surface area contributed by atoms with Crippen molar-refractivity contribution in [1.29, 1.82) is 0 Å². The molecule has 0 heterocycles. The standard InChI is InChI=1S/4CO.Co.Hg/c4*1-2;;. The summed E-state index contributed by atoms with van der Waals surface area (Å²) in [4.78, 5) is 38.9. The van der Waals surface area contributed by atoms with Gasteiger partial charge >= 0.3 is 52.2 Å². The molecule has 0 aliphatic rings. The SMILES string of the molecule is O=[C]=[Hg](=[C]=O)(=[C]=O)=[C]=O.[Co]. The summed E-state index contributed by atoms with van der Waals surface area (Å²) in [7, 11) is 0. The Labute approximate surface area is 68.6 Å². The first-order valence-corrected chi connectivity index (χ1v) is 13.2. The molecule has 0 unspecified atom stereocenters. The molecule has 0 amide bonds. The van der Waals surface area contributed by atoms with Gasteiger partial charge in [-0.05, 0) is 0 Å². The summed E-state index contributed by atoms with van der Waals surface area (Å²) in [5, 5.41) is 0. The van der Waals surface area contributed by atoms with Gasteiger partial charge in [-0.1, -0.05) is 0 Å². The van der Waals surface area contributed by atoms with Gasteiger partial charge < -0.3 is 0 Å². The number of hydrogen-bond donors (Lipinski definition) is 0. The molecule has 0 aromatic carbocycles. The van der Waals surface area contributed by atoms with Crippen molar-refractivity contribution < 1.29 is 55.5 Å². The van der Waals surface area contributed by atoms with Crippen LogP contribution in [0.2, 0.25) is 0 Å². The quantitative estimate of drug-likeness (QED) is 0.482. The van der Waals surface area contributed by atoms with Crippen molar-refractivity contribution in [3.63, 3.8) is 0 Å². The van der Waals surface area contributed by atoms with Crippen molar-refractivity contribution >= 4 is 13.5 Å². The summed E-state index contributed by atoms with van der Waals surface area (Å²) in [6, 6.07) is 0. The Bertz CT molecular complexity index is 363. The van der Waals surface area contributed by atoms with Crippen LogP contribution in [-0.2, 0) is 55.5 Å². The second kappa shape index (κ2) is 5.54. The summed E-state index contributed by atoms with van der Waals surface area (Å²) < 4.78 is 4.32. The van der Waals surface area contributed by atoms with Gasteiger partial charge in [0, 0.05) is 16.8 Å². The summed E-state index contributed by atoms with van der Waals surface area (Å²) in [6.07, 6.45) is 0. The fourth-order valence-corrected chi connectivity index (χ4v) is 1.55. The van der Waals surface area contributed by atoms with E-state index in [0.717, 1.165) is 13.5 Å². The van der Waals surface area contributed by atoms with Gasteiger partial charge in [-0.25, -0.2) is 0 Å². The van der Waals surface area contributed by atoms with Crippen LogP contribution >= 0.6 is 0 Å². The molecule has 0 bridgehead atoms. The monoisotopic (exact) mass is 373 g/mol. The summed E-state index contributed by atoms with van der Waals surface area (Å²) in [5.74, 6) is 0. The third-order valence-corrected chi connectivity index (χ3v) is 7.60. The molecule has 1 radical (unpaired) electrons. The van der Waals surface area contributed by atoms with Crippen molar-refractivity contribution in [1.82, 2.24) is 0 Å². The van der Waals surface area contributed by atoms with E-state index in [1.165, 1.54) is 0 Å². The van der Waals surface area contributed by atoms with E-state index in [2.05, 4.69) is 0 Å². The molecule has 0 fully saturated rings. The van der Waals surface area contributed by atoms with Crippen LogP contribution in [-0.4, -0.2) is 13.5 Å². The van der Waals surface area contributed by atoms with Gasteiger partial charge in [-0.3, -0.25) is 0 Å². The Morgan fingerprint density at radius 1 is 0.700 bits per heavy atom. The number of hydrogen-bond acceptors (Lipinski definition) is 4. The second-order valence-corrected chi connectivity index (χ2v) is 14.4. The minimum Gasteiger partial charge on any atom is 0 e. The van der Waals surface area contributed by atoms with Crippen molar-refractivity contribution in [2.45, 2.75) is 0 Å². The molecule has 0 rings (SSSR count). The molecule has 4 nitrogen and oxygen atoms in total. The molecular weight excluding hydrogens is 372 g/mol. The molecule has 0 aliphatic heterocycles. The Hall–Kier alpha value is -0.238. The smallest absolute Gasteiger partial charge is 0 e. The topological polar surface area (TPSA) is 68.3 Å². The fourth-order valence-electron chi connectivity index (χ4n) is 0.177. The van der Waals surface area contributed by atoms with Crippen molar-refractivity contribution in [3.8, 4) is 0 Å². The first-order chi connectivity index (χ1) is 4.24. The van der Waals surface area contributed by atoms with E-state index in [1.54, 1.807) is 0 Å². The Morgan fingerprint density at radius 3 is 0.900 bits per heavy atom. The van der Waals surface area contributed by atoms with E-state index in [4.69, 9.17) is 0 Å². The average molecular weight is 372 g/mol. The molecule has 0 aromatic rings. The van der Waals surface area contributed by atoms with Gasteiger partial charge in [0.25, 0.3) is 0 Å². The van der Waals surface area contributed by atoms with Crippen molar-refractivity contribution in [2.75, 3.05) is 0 Å². The minimum atomic E-state index is -4.86. The third kappa shape index (κ3) is 2.57. The first kappa shape index (κ1) is 12.4. The van der Waals surface area contributed by atoms with Crippen molar-refractivity contribution in [2.24, 2.45) is 0 Å². The second-order valence-electron chi connectivity index (χ2n) is 1.64. The van der Waals surface area contributed by atoms with E-state index in [0.29, 0.717) is 0 Å². The van der Waals surface area contributed by atoms with Crippen LogP contribution in [0.15, 0.2) is 0 Å². The van der Waals surface area contributed by atoms with Gasteiger partial charge in [0.05, 0.1) is 0 Å². The molecule has 10 heavy (non-hydrogen) atoms. The van der Waals surface area contributed by atoms with Crippen molar-refractivity contribution in [3.05, 3.63) is 0 Å². The largest absolute Gasteiger partial charge is 0 e. The number of rotatable bonds is 0. The van der Waals surface area contributed by atoms with Crippen LogP contribution in [0, 0.1) is 0 Å². The Kier molecular flexibility index (Phi) is 6.89. The zero-order valence-corrected chi connectivity index (χ0v) is 11.2. The predicted octanol–water partition coefficient (Wildman–Crippen LogP) is -1.59. The van der Waals surface area contributed by atoms with Gasteiger partial charge in [0.1, 0.15) is 0 Å². The van der Waals surface area contributed by atoms with Gasteiger partial charge in [0.2, 0.25) is 0 Å². The molecular formula is C4CoHgO4. The van der Waals surface area contributed by atoms with E-state index >= 15 is 0 Å². The molecule has 51 valence electrons. The zero-order chi connectivity index (χ0) is 7.33. The van der Waals surface area contributed by atoms with Gasteiger partial charge in [-0.2, -0.15) is 0 Å². The van der Waals surface area contributed by atoms with Crippen LogP contribution in [0.3, 0.4) is 0 Å². The van der Waals surface area contributed by atoms with Crippen LogP contribution in [0.4, 0.5) is 0 Å². The summed E-state index contributed by atoms with van der Waals surface area (Å²) in [5.41, 5.74) is 0. The first-order valence-electron chi connectivity index (χ1n) is 2.23.